The molecule has 0 fully saturated rings. The van der Waals surface area contributed by atoms with Crippen molar-refractivity contribution in [2.45, 2.75) is 19.3 Å². The van der Waals surface area contributed by atoms with Crippen LogP contribution in [0.3, 0.4) is 0 Å². The van der Waals surface area contributed by atoms with Gasteiger partial charge >= 0.3 is 0 Å². The summed E-state index contributed by atoms with van der Waals surface area (Å²) in [6.07, 6.45) is 12.7. The Labute approximate surface area is 69.2 Å². The standard InChI is InChI=1S/C10H17N/c1-11-9-5-8-10-6-3-2-4-7-10/h2-4,6,10-11H,5,7-9H2,1H3/t10-/m0/s1. The van der Waals surface area contributed by atoms with Gasteiger partial charge < -0.3 is 5.32 Å². The Morgan fingerprint density at radius 2 is 2.36 bits per heavy atom. The molecule has 1 rings (SSSR count). The summed E-state index contributed by atoms with van der Waals surface area (Å²) in [4.78, 5) is 0. The highest BCUT2D eigenvalue weighted by atomic mass is 14.8. The summed E-state index contributed by atoms with van der Waals surface area (Å²) in [7, 11) is 2.01. The largest absolute Gasteiger partial charge is 0.320 e. The minimum atomic E-state index is 0.799. The molecule has 0 saturated heterocycles. The topological polar surface area (TPSA) is 12.0 Å². The maximum Gasteiger partial charge on any atom is -0.00517 e. The predicted molar refractivity (Wildman–Crippen MR) is 49.5 cm³/mol. The molecule has 0 spiro atoms. The molecular formula is C10H17N. The first-order chi connectivity index (χ1) is 5.43. The zero-order valence-corrected chi connectivity index (χ0v) is 7.22. The SMILES string of the molecule is CNCCC[C@H]1C=CC=CC1. The van der Waals surface area contributed by atoms with Crippen LogP contribution < -0.4 is 5.32 Å². The van der Waals surface area contributed by atoms with Crippen molar-refractivity contribution in [2.75, 3.05) is 13.6 Å². The summed E-state index contributed by atoms with van der Waals surface area (Å²) in [5.41, 5.74) is 0. The molecule has 1 nitrogen and oxygen atoms in total. The van der Waals surface area contributed by atoms with Crippen LogP contribution in [0.1, 0.15) is 19.3 Å². The van der Waals surface area contributed by atoms with E-state index in [1.165, 1.54) is 19.3 Å². The Morgan fingerprint density at radius 3 is 3.00 bits per heavy atom. The minimum Gasteiger partial charge on any atom is -0.320 e. The number of hydrogen-bond donors (Lipinski definition) is 1. The third-order valence-corrected chi connectivity index (χ3v) is 2.07. The molecule has 1 aliphatic rings. The van der Waals surface area contributed by atoms with Crippen molar-refractivity contribution in [2.24, 2.45) is 5.92 Å². The fraction of sp³-hybridized carbons (Fsp3) is 0.600. The van der Waals surface area contributed by atoms with Crippen LogP contribution in [0.25, 0.3) is 0 Å². The number of nitrogens with one attached hydrogen (secondary N) is 1. The van der Waals surface area contributed by atoms with Gasteiger partial charge in [-0.1, -0.05) is 24.3 Å². The lowest BCUT2D eigenvalue weighted by Crippen LogP contribution is -2.09. The van der Waals surface area contributed by atoms with E-state index >= 15 is 0 Å². The van der Waals surface area contributed by atoms with Crippen molar-refractivity contribution < 1.29 is 0 Å². The summed E-state index contributed by atoms with van der Waals surface area (Å²) in [6.45, 7) is 1.15. The summed E-state index contributed by atoms with van der Waals surface area (Å²) < 4.78 is 0. The van der Waals surface area contributed by atoms with Crippen molar-refractivity contribution >= 4 is 0 Å². The zero-order valence-electron chi connectivity index (χ0n) is 7.22. The summed E-state index contributed by atoms with van der Waals surface area (Å²) in [6, 6.07) is 0. The van der Waals surface area contributed by atoms with Gasteiger partial charge in [0.2, 0.25) is 0 Å². The third kappa shape index (κ3) is 3.38. The molecule has 0 unspecified atom stereocenters. The molecule has 0 heterocycles. The Morgan fingerprint density at radius 1 is 1.45 bits per heavy atom. The van der Waals surface area contributed by atoms with Gasteiger partial charge in [0, 0.05) is 0 Å². The van der Waals surface area contributed by atoms with Crippen LogP contribution in [-0.2, 0) is 0 Å². The van der Waals surface area contributed by atoms with Gasteiger partial charge in [-0.25, -0.2) is 0 Å². The lowest BCUT2D eigenvalue weighted by Gasteiger charge is -2.11. The number of rotatable bonds is 4. The van der Waals surface area contributed by atoms with E-state index in [1.54, 1.807) is 0 Å². The van der Waals surface area contributed by atoms with Crippen LogP contribution >= 0.6 is 0 Å². The molecule has 0 amide bonds. The average molecular weight is 151 g/mol. The number of hydrogen-bond acceptors (Lipinski definition) is 1. The summed E-state index contributed by atoms with van der Waals surface area (Å²) in [5, 5.41) is 3.17. The van der Waals surface area contributed by atoms with Crippen LogP contribution in [0.4, 0.5) is 0 Å². The predicted octanol–water partition coefficient (Wildman–Crippen LogP) is 2.12. The molecule has 11 heavy (non-hydrogen) atoms. The van der Waals surface area contributed by atoms with Crippen LogP contribution in [0.15, 0.2) is 24.3 Å². The van der Waals surface area contributed by atoms with E-state index in [0.29, 0.717) is 0 Å². The van der Waals surface area contributed by atoms with Gasteiger partial charge in [0.1, 0.15) is 0 Å². The molecule has 62 valence electrons. The third-order valence-electron chi connectivity index (χ3n) is 2.07. The molecule has 0 aromatic heterocycles. The Kier molecular flexibility index (Phi) is 3.99. The molecule has 1 aliphatic carbocycles. The lowest BCUT2D eigenvalue weighted by atomic mass is 9.96. The first kappa shape index (κ1) is 8.54. The quantitative estimate of drug-likeness (QED) is 0.607. The first-order valence-corrected chi connectivity index (χ1v) is 4.41. The second-order valence-electron chi connectivity index (χ2n) is 3.05. The average Bonchev–Trinajstić information content (AvgIpc) is 2.07. The van der Waals surface area contributed by atoms with E-state index in [-0.39, 0.29) is 0 Å². The molecule has 0 radical (unpaired) electrons. The van der Waals surface area contributed by atoms with Crippen molar-refractivity contribution in [3.05, 3.63) is 24.3 Å². The Bertz CT molecular complexity index is 147. The fourth-order valence-electron chi connectivity index (χ4n) is 1.39. The van der Waals surface area contributed by atoms with Gasteiger partial charge in [-0.05, 0) is 38.8 Å². The van der Waals surface area contributed by atoms with E-state index < -0.39 is 0 Å². The van der Waals surface area contributed by atoms with Gasteiger partial charge in [-0.15, -0.1) is 0 Å². The second-order valence-corrected chi connectivity index (χ2v) is 3.05. The highest BCUT2D eigenvalue weighted by Gasteiger charge is 2.03. The molecule has 1 heteroatoms. The molecule has 1 N–H and O–H groups in total. The molecule has 0 aromatic carbocycles. The maximum atomic E-state index is 3.17. The summed E-state index contributed by atoms with van der Waals surface area (Å²) in [5.74, 6) is 0.799. The monoisotopic (exact) mass is 151 g/mol. The van der Waals surface area contributed by atoms with E-state index in [0.717, 1.165) is 12.5 Å². The molecule has 1 atom stereocenters. The van der Waals surface area contributed by atoms with E-state index in [1.807, 2.05) is 7.05 Å². The minimum absolute atomic E-state index is 0.799. The highest BCUT2D eigenvalue weighted by molar-refractivity contribution is 5.10. The van der Waals surface area contributed by atoms with Gasteiger partial charge in [-0.2, -0.15) is 0 Å². The van der Waals surface area contributed by atoms with Crippen LogP contribution in [0.2, 0.25) is 0 Å². The fourth-order valence-corrected chi connectivity index (χ4v) is 1.39. The van der Waals surface area contributed by atoms with E-state index in [2.05, 4.69) is 29.6 Å². The van der Waals surface area contributed by atoms with Crippen LogP contribution in [-0.4, -0.2) is 13.6 Å². The number of allylic oxidation sites excluding steroid dienone is 4. The first-order valence-electron chi connectivity index (χ1n) is 4.41. The van der Waals surface area contributed by atoms with E-state index in [4.69, 9.17) is 0 Å². The van der Waals surface area contributed by atoms with Crippen LogP contribution in [0, 0.1) is 5.92 Å². The van der Waals surface area contributed by atoms with Crippen molar-refractivity contribution in [1.82, 2.24) is 5.32 Å². The van der Waals surface area contributed by atoms with Gasteiger partial charge in [0.15, 0.2) is 0 Å². The lowest BCUT2D eigenvalue weighted by molar-refractivity contribution is 0.550. The van der Waals surface area contributed by atoms with Gasteiger partial charge in [0.05, 0.1) is 0 Å². The van der Waals surface area contributed by atoms with E-state index in [9.17, 15) is 0 Å². The molecular weight excluding hydrogens is 134 g/mol. The zero-order chi connectivity index (χ0) is 7.94. The van der Waals surface area contributed by atoms with Crippen LogP contribution in [0.5, 0.6) is 0 Å². The Balaban J connectivity index is 2.07. The van der Waals surface area contributed by atoms with Crippen molar-refractivity contribution in [3.63, 3.8) is 0 Å². The Hall–Kier alpha value is -0.560. The maximum absolute atomic E-state index is 3.17. The summed E-state index contributed by atoms with van der Waals surface area (Å²) >= 11 is 0. The van der Waals surface area contributed by atoms with Crippen molar-refractivity contribution in [1.29, 1.82) is 0 Å². The second kappa shape index (κ2) is 5.14. The molecule has 0 aliphatic heterocycles. The van der Waals surface area contributed by atoms with Crippen molar-refractivity contribution in [3.8, 4) is 0 Å². The highest BCUT2D eigenvalue weighted by Crippen LogP contribution is 2.16. The van der Waals surface area contributed by atoms with Gasteiger partial charge in [0.25, 0.3) is 0 Å². The molecule has 0 saturated carbocycles. The smallest absolute Gasteiger partial charge is 0.00517 e. The van der Waals surface area contributed by atoms with Gasteiger partial charge in [-0.3, -0.25) is 0 Å². The molecule has 0 aromatic rings. The molecule has 0 bridgehead atoms. The normalized spacial score (nSPS) is 22.5.